The van der Waals surface area contributed by atoms with Gasteiger partial charge in [0.1, 0.15) is 5.82 Å². The number of pyridine rings is 1. The Morgan fingerprint density at radius 3 is 2.80 bits per heavy atom. The number of carbonyl (C=O) groups excluding carboxylic acids is 1. The van der Waals surface area contributed by atoms with Gasteiger partial charge in [0.15, 0.2) is 0 Å². The highest BCUT2D eigenvalue weighted by atomic mass is 19.1. The molecule has 0 saturated heterocycles. The number of nitrogens with zero attached hydrogens (tertiary/aromatic N) is 1. The molecule has 4 nitrogen and oxygen atoms in total. The number of aromatic nitrogens is 1. The molecule has 0 bridgehead atoms. The van der Waals surface area contributed by atoms with Crippen molar-refractivity contribution in [2.75, 3.05) is 11.9 Å². The van der Waals surface area contributed by atoms with Crippen molar-refractivity contribution in [2.24, 2.45) is 0 Å². The molecule has 0 saturated carbocycles. The second-order valence-corrected chi connectivity index (χ2v) is 4.42. The van der Waals surface area contributed by atoms with Gasteiger partial charge in [-0.25, -0.2) is 4.39 Å². The van der Waals surface area contributed by atoms with Gasteiger partial charge in [-0.1, -0.05) is 18.2 Å². The van der Waals surface area contributed by atoms with Crippen molar-refractivity contribution in [1.29, 1.82) is 0 Å². The average molecular weight is 273 g/mol. The van der Waals surface area contributed by atoms with Crippen LogP contribution in [0.3, 0.4) is 0 Å². The van der Waals surface area contributed by atoms with Crippen LogP contribution in [0.5, 0.6) is 0 Å². The fourth-order valence-corrected chi connectivity index (χ4v) is 1.75. The van der Waals surface area contributed by atoms with E-state index in [1.165, 1.54) is 12.1 Å². The van der Waals surface area contributed by atoms with Gasteiger partial charge in [-0.2, -0.15) is 0 Å². The van der Waals surface area contributed by atoms with Gasteiger partial charge in [-0.15, -0.1) is 0 Å². The van der Waals surface area contributed by atoms with E-state index in [2.05, 4.69) is 15.6 Å². The highest BCUT2D eigenvalue weighted by Crippen LogP contribution is 2.12. The number of amides is 1. The predicted molar refractivity (Wildman–Crippen MR) is 75.7 cm³/mol. The zero-order valence-electron chi connectivity index (χ0n) is 11.1. The molecule has 0 aliphatic rings. The van der Waals surface area contributed by atoms with Gasteiger partial charge < -0.3 is 10.6 Å². The molecule has 0 fully saturated rings. The van der Waals surface area contributed by atoms with Crippen molar-refractivity contribution >= 4 is 11.6 Å². The van der Waals surface area contributed by atoms with Gasteiger partial charge >= 0.3 is 0 Å². The van der Waals surface area contributed by atoms with Crippen molar-refractivity contribution in [1.82, 2.24) is 10.3 Å². The molecule has 1 amide bonds. The lowest BCUT2D eigenvalue weighted by atomic mass is 10.1. The standard InChI is InChI=1S/C15H16FN3O/c1-11(12-5-4-8-17-9-12)18-10-15(20)19-14-7-3-2-6-13(14)16/h2-9,11,18H,10H2,1H3,(H,19,20)/t11-/m0/s1. The molecule has 104 valence electrons. The number of rotatable bonds is 5. The molecule has 0 spiro atoms. The normalized spacial score (nSPS) is 11.9. The van der Waals surface area contributed by atoms with Gasteiger partial charge in [0.05, 0.1) is 12.2 Å². The van der Waals surface area contributed by atoms with E-state index in [1.807, 2.05) is 19.1 Å². The van der Waals surface area contributed by atoms with Crippen molar-refractivity contribution < 1.29 is 9.18 Å². The molecule has 1 aromatic heterocycles. The highest BCUT2D eigenvalue weighted by Gasteiger charge is 2.09. The Morgan fingerprint density at radius 1 is 1.30 bits per heavy atom. The average Bonchev–Trinajstić information content (AvgIpc) is 2.48. The summed E-state index contributed by atoms with van der Waals surface area (Å²) < 4.78 is 13.4. The number of para-hydroxylation sites is 1. The number of halogens is 1. The van der Waals surface area contributed by atoms with Crippen LogP contribution in [0.2, 0.25) is 0 Å². The molecule has 1 heterocycles. The van der Waals surface area contributed by atoms with E-state index < -0.39 is 5.82 Å². The van der Waals surface area contributed by atoms with Crippen molar-refractivity contribution in [3.63, 3.8) is 0 Å². The Morgan fingerprint density at radius 2 is 2.10 bits per heavy atom. The predicted octanol–water partition coefficient (Wildman–Crippen LogP) is 2.51. The van der Waals surface area contributed by atoms with Crippen LogP contribution in [0.15, 0.2) is 48.8 Å². The van der Waals surface area contributed by atoms with Crippen LogP contribution >= 0.6 is 0 Å². The van der Waals surface area contributed by atoms with Crippen LogP contribution in [-0.4, -0.2) is 17.4 Å². The summed E-state index contributed by atoms with van der Waals surface area (Å²) in [6.45, 7) is 2.04. The van der Waals surface area contributed by atoms with E-state index in [0.29, 0.717) is 0 Å². The molecular weight excluding hydrogens is 257 g/mol. The maximum Gasteiger partial charge on any atom is 0.238 e. The van der Waals surface area contributed by atoms with E-state index in [0.717, 1.165) is 5.56 Å². The monoisotopic (exact) mass is 273 g/mol. The van der Waals surface area contributed by atoms with E-state index >= 15 is 0 Å². The van der Waals surface area contributed by atoms with Crippen molar-refractivity contribution in [2.45, 2.75) is 13.0 Å². The second kappa shape index (κ2) is 6.77. The van der Waals surface area contributed by atoms with Gasteiger partial charge in [0.25, 0.3) is 0 Å². The van der Waals surface area contributed by atoms with E-state index in [9.17, 15) is 9.18 Å². The fourth-order valence-electron chi connectivity index (χ4n) is 1.75. The van der Waals surface area contributed by atoms with E-state index in [-0.39, 0.29) is 24.2 Å². The third-order valence-corrected chi connectivity index (χ3v) is 2.90. The zero-order valence-corrected chi connectivity index (χ0v) is 11.1. The Labute approximate surface area is 117 Å². The summed E-state index contributed by atoms with van der Waals surface area (Å²) in [6, 6.07) is 9.85. The van der Waals surface area contributed by atoms with Gasteiger partial charge in [-0.3, -0.25) is 9.78 Å². The largest absolute Gasteiger partial charge is 0.322 e. The SMILES string of the molecule is C[C@H](NCC(=O)Nc1ccccc1F)c1cccnc1. The van der Waals surface area contributed by atoms with E-state index in [1.54, 1.807) is 24.5 Å². The van der Waals surface area contributed by atoms with Crippen LogP contribution in [-0.2, 0) is 4.79 Å². The number of carbonyl (C=O) groups is 1. The number of benzene rings is 1. The summed E-state index contributed by atoms with van der Waals surface area (Å²) in [6.07, 6.45) is 3.44. The molecule has 0 unspecified atom stereocenters. The third kappa shape index (κ3) is 3.86. The first kappa shape index (κ1) is 14.1. The quantitative estimate of drug-likeness (QED) is 0.880. The van der Waals surface area contributed by atoms with Gasteiger partial charge in [0, 0.05) is 18.4 Å². The first-order chi connectivity index (χ1) is 9.66. The molecule has 1 aromatic carbocycles. The summed E-state index contributed by atoms with van der Waals surface area (Å²) in [7, 11) is 0. The minimum absolute atomic E-state index is 0.00456. The lowest BCUT2D eigenvalue weighted by Gasteiger charge is -2.13. The number of anilines is 1. The highest BCUT2D eigenvalue weighted by molar-refractivity contribution is 5.92. The second-order valence-electron chi connectivity index (χ2n) is 4.42. The van der Waals surface area contributed by atoms with Crippen molar-refractivity contribution in [3.8, 4) is 0 Å². The topological polar surface area (TPSA) is 54.0 Å². The molecule has 2 aromatic rings. The molecule has 5 heteroatoms. The minimum atomic E-state index is -0.443. The van der Waals surface area contributed by atoms with Gasteiger partial charge in [-0.05, 0) is 30.7 Å². The van der Waals surface area contributed by atoms with Crippen molar-refractivity contribution in [3.05, 3.63) is 60.2 Å². The molecule has 2 N–H and O–H groups in total. The molecule has 20 heavy (non-hydrogen) atoms. The first-order valence-electron chi connectivity index (χ1n) is 6.34. The number of hydrogen-bond acceptors (Lipinski definition) is 3. The molecule has 0 aliphatic carbocycles. The first-order valence-corrected chi connectivity index (χ1v) is 6.34. The molecule has 0 aliphatic heterocycles. The van der Waals surface area contributed by atoms with Gasteiger partial charge in [0.2, 0.25) is 5.91 Å². The Kier molecular flexibility index (Phi) is 4.79. The molecular formula is C15H16FN3O. The van der Waals surface area contributed by atoms with Crippen LogP contribution in [0.1, 0.15) is 18.5 Å². The summed E-state index contributed by atoms with van der Waals surface area (Å²) >= 11 is 0. The lowest BCUT2D eigenvalue weighted by molar-refractivity contribution is -0.115. The summed E-state index contributed by atoms with van der Waals surface area (Å²) in [5.41, 5.74) is 1.18. The van der Waals surface area contributed by atoms with Crippen LogP contribution < -0.4 is 10.6 Å². The maximum atomic E-state index is 13.4. The lowest BCUT2D eigenvalue weighted by Crippen LogP contribution is -2.30. The number of hydrogen-bond donors (Lipinski definition) is 2. The van der Waals surface area contributed by atoms with Crippen LogP contribution in [0.25, 0.3) is 0 Å². The summed E-state index contributed by atoms with van der Waals surface area (Å²) in [5, 5.41) is 5.59. The molecule has 0 radical (unpaired) electrons. The fraction of sp³-hybridized carbons (Fsp3) is 0.200. The zero-order chi connectivity index (χ0) is 14.4. The Bertz CT molecular complexity index is 574. The number of nitrogens with one attached hydrogen (secondary N) is 2. The molecule has 1 atom stereocenters. The van der Waals surface area contributed by atoms with Crippen LogP contribution in [0, 0.1) is 5.82 Å². The van der Waals surface area contributed by atoms with Crippen LogP contribution in [0.4, 0.5) is 10.1 Å². The van der Waals surface area contributed by atoms with E-state index in [4.69, 9.17) is 0 Å². The summed E-state index contributed by atoms with van der Waals surface area (Å²) in [4.78, 5) is 15.8. The Balaban J connectivity index is 1.85. The molecule has 2 rings (SSSR count). The minimum Gasteiger partial charge on any atom is -0.322 e. The smallest absolute Gasteiger partial charge is 0.238 e. The Hall–Kier alpha value is -2.27. The maximum absolute atomic E-state index is 13.4. The third-order valence-electron chi connectivity index (χ3n) is 2.90. The summed E-state index contributed by atoms with van der Waals surface area (Å²) in [5.74, 6) is -0.730.